The van der Waals surface area contributed by atoms with Gasteiger partial charge in [0.15, 0.2) is 11.9 Å². The average Bonchev–Trinajstić information content (AvgIpc) is 2.70. The Morgan fingerprint density at radius 2 is 1.41 bits per heavy atom. The van der Waals surface area contributed by atoms with Gasteiger partial charge in [0, 0.05) is 26.9 Å². The molecule has 0 aromatic carbocycles. The van der Waals surface area contributed by atoms with E-state index in [1.165, 1.54) is 7.11 Å². The SMILES string of the molecule is CCCCO[C@@H]1[C@@H](OCCCC)[C@H](OCCCC)C(=C(F)F)O[C@H]1COCOC. The zero-order valence-electron chi connectivity index (χ0n) is 18.3. The van der Waals surface area contributed by atoms with Crippen molar-refractivity contribution in [3.63, 3.8) is 0 Å². The molecule has 4 atom stereocenters. The van der Waals surface area contributed by atoms with Gasteiger partial charge in [-0.05, 0) is 19.3 Å². The molecule has 6 nitrogen and oxygen atoms in total. The maximum absolute atomic E-state index is 13.7. The lowest BCUT2D eigenvalue weighted by atomic mass is 9.97. The van der Waals surface area contributed by atoms with Crippen LogP contribution in [0, 0.1) is 0 Å². The summed E-state index contributed by atoms with van der Waals surface area (Å²) in [4.78, 5) is 0. The topological polar surface area (TPSA) is 55.4 Å². The van der Waals surface area contributed by atoms with Gasteiger partial charge in [-0.25, -0.2) is 0 Å². The molecule has 0 aromatic rings. The third kappa shape index (κ3) is 9.26. The van der Waals surface area contributed by atoms with Crippen LogP contribution in [0.3, 0.4) is 0 Å². The Hall–Kier alpha value is -0.800. The highest BCUT2D eigenvalue weighted by Crippen LogP contribution is 2.33. The van der Waals surface area contributed by atoms with E-state index in [9.17, 15) is 8.78 Å². The van der Waals surface area contributed by atoms with Crippen LogP contribution in [-0.4, -0.2) is 64.7 Å². The van der Waals surface area contributed by atoms with Crippen molar-refractivity contribution in [1.82, 2.24) is 0 Å². The summed E-state index contributed by atoms with van der Waals surface area (Å²) in [7, 11) is 1.50. The van der Waals surface area contributed by atoms with Crippen LogP contribution >= 0.6 is 0 Å². The minimum absolute atomic E-state index is 0.0382. The molecule has 1 heterocycles. The van der Waals surface area contributed by atoms with E-state index in [2.05, 4.69) is 6.92 Å². The summed E-state index contributed by atoms with van der Waals surface area (Å²) < 4.78 is 61.4. The lowest BCUT2D eigenvalue weighted by Crippen LogP contribution is -2.57. The molecule has 0 spiro atoms. The van der Waals surface area contributed by atoms with Gasteiger partial charge < -0.3 is 28.4 Å². The first-order valence-corrected chi connectivity index (χ1v) is 10.7. The minimum atomic E-state index is -1.90. The van der Waals surface area contributed by atoms with Gasteiger partial charge in [-0.1, -0.05) is 40.0 Å². The van der Waals surface area contributed by atoms with Crippen molar-refractivity contribution in [2.45, 2.75) is 83.7 Å². The van der Waals surface area contributed by atoms with Crippen molar-refractivity contribution < 1.29 is 37.2 Å². The van der Waals surface area contributed by atoms with Gasteiger partial charge in [0.25, 0.3) is 0 Å². The predicted molar refractivity (Wildman–Crippen MR) is 106 cm³/mol. The summed E-state index contributed by atoms with van der Waals surface area (Å²) in [6.07, 6.45) is 0.309. The average molecular weight is 425 g/mol. The van der Waals surface area contributed by atoms with Crippen LogP contribution in [0.1, 0.15) is 59.3 Å². The number of hydrogen-bond donors (Lipinski definition) is 0. The molecule has 0 radical (unpaired) electrons. The summed E-state index contributed by atoms with van der Waals surface area (Å²) in [6.45, 7) is 7.49. The molecule has 0 aliphatic carbocycles. The fourth-order valence-electron chi connectivity index (χ4n) is 3.00. The van der Waals surface area contributed by atoms with Crippen LogP contribution in [0.4, 0.5) is 8.78 Å². The van der Waals surface area contributed by atoms with E-state index >= 15 is 0 Å². The molecule has 0 N–H and O–H groups in total. The molecule has 0 unspecified atom stereocenters. The summed E-state index contributed by atoms with van der Waals surface area (Å²) >= 11 is 0. The van der Waals surface area contributed by atoms with E-state index in [4.69, 9.17) is 28.4 Å². The van der Waals surface area contributed by atoms with Crippen LogP contribution in [-0.2, 0) is 28.4 Å². The van der Waals surface area contributed by atoms with Crippen LogP contribution in [0.2, 0.25) is 0 Å². The fraction of sp³-hybridized carbons (Fsp3) is 0.905. The van der Waals surface area contributed by atoms with E-state index in [1.54, 1.807) is 0 Å². The highest BCUT2D eigenvalue weighted by atomic mass is 19.3. The van der Waals surface area contributed by atoms with Gasteiger partial charge in [0.05, 0.1) is 6.61 Å². The number of rotatable bonds is 16. The highest BCUT2D eigenvalue weighted by Gasteiger charge is 2.48. The minimum Gasteiger partial charge on any atom is -0.481 e. The Kier molecular flexibility index (Phi) is 14.4. The second-order valence-electron chi connectivity index (χ2n) is 7.08. The Bertz CT molecular complexity index is 445. The second kappa shape index (κ2) is 16.0. The highest BCUT2D eigenvalue weighted by molar-refractivity contribution is 5.12. The van der Waals surface area contributed by atoms with E-state index < -0.39 is 36.3 Å². The molecular weight excluding hydrogens is 386 g/mol. The zero-order valence-corrected chi connectivity index (χ0v) is 18.3. The normalized spacial score (nSPS) is 24.6. The predicted octanol–water partition coefficient (Wildman–Crippen LogP) is 4.67. The van der Waals surface area contributed by atoms with Crippen molar-refractivity contribution in [2.75, 3.05) is 40.3 Å². The van der Waals surface area contributed by atoms with Gasteiger partial charge in [0.2, 0.25) is 0 Å². The Labute approximate surface area is 173 Å². The van der Waals surface area contributed by atoms with Crippen LogP contribution in [0.15, 0.2) is 11.8 Å². The molecule has 1 rings (SSSR count). The summed E-state index contributed by atoms with van der Waals surface area (Å²) in [5.74, 6) is -0.482. The molecule has 1 fully saturated rings. The van der Waals surface area contributed by atoms with E-state index in [-0.39, 0.29) is 13.4 Å². The third-order valence-electron chi connectivity index (χ3n) is 4.61. The van der Waals surface area contributed by atoms with Gasteiger partial charge in [-0.3, -0.25) is 0 Å². The summed E-state index contributed by atoms with van der Waals surface area (Å²) in [5.41, 5.74) is 0. The second-order valence-corrected chi connectivity index (χ2v) is 7.08. The van der Waals surface area contributed by atoms with Crippen molar-refractivity contribution in [2.24, 2.45) is 0 Å². The smallest absolute Gasteiger partial charge is 0.310 e. The van der Waals surface area contributed by atoms with Gasteiger partial charge in [-0.2, -0.15) is 8.78 Å². The molecule has 0 amide bonds. The van der Waals surface area contributed by atoms with Crippen LogP contribution in [0.5, 0.6) is 0 Å². The number of methoxy groups -OCH3 is 1. The number of hydrogen-bond acceptors (Lipinski definition) is 6. The maximum atomic E-state index is 13.7. The molecule has 1 saturated heterocycles. The van der Waals surface area contributed by atoms with E-state index in [0.29, 0.717) is 19.8 Å². The van der Waals surface area contributed by atoms with Crippen LogP contribution in [0.25, 0.3) is 0 Å². The molecule has 0 aromatic heterocycles. The van der Waals surface area contributed by atoms with Crippen molar-refractivity contribution in [1.29, 1.82) is 0 Å². The molecule has 0 saturated carbocycles. The van der Waals surface area contributed by atoms with E-state index in [1.807, 2.05) is 13.8 Å². The van der Waals surface area contributed by atoms with Gasteiger partial charge in [0.1, 0.15) is 25.1 Å². The molecular formula is C21H38F2O6. The first kappa shape index (κ1) is 26.2. The molecule has 29 heavy (non-hydrogen) atoms. The monoisotopic (exact) mass is 424 g/mol. The summed E-state index contributed by atoms with van der Waals surface area (Å²) in [6, 6.07) is 0. The lowest BCUT2D eigenvalue weighted by molar-refractivity contribution is -0.221. The van der Waals surface area contributed by atoms with Gasteiger partial charge in [-0.15, -0.1) is 0 Å². The largest absolute Gasteiger partial charge is 0.481 e. The third-order valence-corrected chi connectivity index (χ3v) is 4.61. The Morgan fingerprint density at radius 3 is 1.93 bits per heavy atom. The molecule has 1 aliphatic heterocycles. The fourth-order valence-corrected chi connectivity index (χ4v) is 3.00. The number of halogens is 2. The van der Waals surface area contributed by atoms with E-state index in [0.717, 1.165) is 38.5 Å². The molecule has 1 aliphatic rings. The number of unbranched alkanes of at least 4 members (excludes halogenated alkanes) is 3. The number of ether oxygens (including phenoxy) is 6. The Morgan fingerprint density at radius 1 is 0.862 bits per heavy atom. The van der Waals surface area contributed by atoms with Crippen molar-refractivity contribution >= 4 is 0 Å². The van der Waals surface area contributed by atoms with Crippen LogP contribution < -0.4 is 0 Å². The summed E-state index contributed by atoms with van der Waals surface area (Å²) in [5, 5.41) is 0. The standard InChI is InChI=1S/C21H38F2O6/c1-5-8-11-26-17-16(14-25-15-24-4)29-20(21(22)23)19(28-13-10-7-3)18(17)27-12-9-6-2/h16-19H,5-15H2,1-4H3/t16-,17-,18+,19-/m0/s1. The quantitative estimate of drug-likeness (QED) is 0.265. The molecule has 0 bridgehead atoms. The van der Waals surface area contributed by atoms with Crippen molar-refractivity contribution in [3.8, 4) is 0 Å². The zero-order chi connectivity index (χ0) is 21.5. The Balaban J connectivity index is 3.09. The maximum Gasteiger partial charge on any atom is 0.310 e. The molecule has 172 valence electrons. The first-order chi connectivity index (χ1) is 14.1. The molecule has 8 heteroatoms. The van der Waals surface area contributed by atoms with Crippen molar-refractivity contribution in [3.05, 3.63) is 11.8 Å². The lowest BCUT2D eigenvalue weighted by Gasteiger charge is -2.43. The van der Waals surface area contributed by atoms with Gasteiger partial charge >= 0.3 is 6.08 Å². The first-order valence-electron chi connectivity index (χ1n) is 10.7.